The Morgan fingerprint density at radius 3 is 2.95 bits per heavy atom. The largest absolute Gasteiger partial charge is 0.492 e. The normalized spacial score (nSPS) is 24.1. The van der Waals surface area contributed by atoms with Gasteiger partial charge in [-0.2, -0.15) is 0 Å². The fraction of sp³-hybridized carbons (Fsp3) is 0.500. The summed E-state index contributed by atoms with van der Waals surface area (Å²) in [5.41, 5.74) is 0.947. The van der Waals surface area contributed by atoms with E-state index in [-0.39, 0.29) is 23.7 Å². The second-order valence-corrected chi connectivity index (χ2v) is 5.55. The Bertz CT molecular complexity index is 557. The van der Waals surface area contributed by atoms with E-state index in [0.29, 0.717) is 19.7 Å². The molecule has 112 valence electrons. The predicted octanol–water partition coefficient (Wildman–Crippen LogP) is 1.57. The summed E-state index contributed by atoms with van der Waals surface area (Å²) in [6.45, 7) is 1.53. The maximum atomic E-state index is 12.7. The van der Waals surface area contributed by atoms with E-state index in [9.17, 15) is 9.59 Å². The summed E-state index contributed by atoms with van der Waals surface area (Å²) in [6, 6.07) is 7.64. The Balaban J connectivity index is 1.73. The highest BCUT2D eigenvalue weighted by Gasteiger charge is 2.36. The van der Waals surface area contributed by atoms with Crippen molar-refractivity contribution < 1.29 is 19.1 Å². The molecule has 1 amide bonds. The van der Waals surface area contributed by atoms with Crippen LogP contribution >= 0.6 is 0 Å². The third-order valence-corrected chi connectivity index (χ3v) is 4.27. The third kappa shape index (κ3) is 2.60. The van der Waals surface area contributed by atoms with Gasteiger partial charge in [-0.1, -0.05) is 18.2 Å². The van der Waals surface area contributed by atoms with Crippen LogP contribution in [0.25, 0.3) is 0 Å². The molecule has 0 bridgehead atoms. The molecule has 0 aromatic heterocycles. The number of amides is 1. The number of fused-ring (bicyclic) bond motifs is 1. The van der Waals surface area contributed by atoms with Gasteiger partial charge >= 0.3 is 5.97 Å². The van der Waals surface area contributed by atoms with Crippen molar-refractivity contribution in [2.24, 2.45) is 5.92 Å². The molecule has 2 heterocycles. The molecule has 1 fully saturated rings. The molecule has 2 unspecified atom stereocenters. The van der Waals surface area contributed by atoms with Gasteiger partial charge in [-0.25, -0.2) is 0 Å². The highest BCUT2D eigenvalue weighted by Crippen LogP contribution is 2.35. The quantitative estimate of drug-likeness (QED) is 0.776. The number of likely N-dealkylation sites (tertiary alicyclic amines) is 1. The van der Waals surface area contributed by atoms with Gasteiger partial charge in [0, 0.05) is 18.7 Å². The number of piperidine rings is 1. The van der Waals surface area contributed by atoms with Crippen molar-refractivity contribution in [1.82, 2.24) is 4.90 Å². The van der Waals surface area contributed by atoms with E-state index in [1.807, 2.05) is 24.3 Å². The van der Waals surface area contributed by atoms with Gasteiger partial charge in [0.05, 0.1) is 13.0 Å². The van der Waals surface area contributed by atoms with Crippen LogP contribution in [0.4, 0.5) is 0 Å². The molecule has 1 aromatic carbocycles. The average Bonchev–Trinajstić information content (AvgIpc) is 2.97. The first-order valence-electron chi connectivity index (χ1n) is 7.29. The van der Waals surface area contributed by atoms with E-state index in [0.717, 1.165) is 24.2 Å². The van der Waals surface area contributed by atoms with Crippen molar-refractivity contribution in [2.75, 3.05) is 26.8 Å². The van der Waals surface area contributed by atoms with Crippen molar-refractivity contribution >= 4 is 11.9 Å². The molecule has 1 saturated heterocycles. The SMILES string of the molecule is COC(=O)C1CCCN(C(=O)C2COc3ccccc32)C1. The summed E-state index contributed by atoms with van der Waals surface area (Å²) < 4.78 is 10.4. The number of carbonyl (C=O) groups is 2. The van der Waals surface area contributed by atoms with Crippen LogP contribution in [0.3, 0.4) is 0 Å². The predicted molar refractivity (Wildman–Crippen MR) is 76.0 cm³/mol. The fourth-order valence-corrected chi connectivity index (χ4v) is 3.12. The Morgan fingerprint density at radius 1 is 1.33 bits per heavy atom. The van der Waals surface area contributed by atoms with E-state index in [2.05, 4.69) is 0 Å². The summed E-state index contributed by atoms with van der Waals surface area (Å²) in [5.74, 6) is 0.157. The number of ether oxygens (including phenoxy) is 2. The van der Waals surface area contributed by atoms with Crippen molar-refractivity contribution in [3.8, 4) is 5.75 Å². The molecule has 2 aliphatic rings. The maximum absolute atomic E-state index is 12.7. The third-order valence-electron chi connectivity index (χ3n) is 4.27. The Kier molecular flexibility index (Phi) is 3.82. The maximum Gasteiger partial charge on any atom is 0.310 e. The summed E-state index contributed by atoms with van der Waals surface area (Å²) in [7, 11) is 1.39. The molecule has 3 rings (SSSR count). The molecular weight excluding hydrogens is 270 g/mol. The molecule has 0 spiro atoms. The summed E-state index contributed by atoms with van der Waals surface area (Å²) in [6.07, 6.45) is 1.62. The number of hydrogen-bond donors (Lipinski definition) is 0. The Morgan fingerprint density at radius 2 is 2.14 bits per heavy atom. The van der Waals surface area contributed by atoms with Gasteiger partial charge in [0.1, 0.15) is 18.3 Å². The lowest BCUT2D eigenvalue weighted by Crippen LogP contribution is -2.44. The Labute approximate surface area is 123 Å². The van der Waals surface area contributed by atoms with Crippen LogP contribution in [0.15, 0.2) is 24.3 Å². The van der Waals surface area contributed by atoms with Gasteiger partial charge in [-0.3, -0.25) is 9.59 Å². The molecule has 2 atom stereocenters. The molecule has 0 radical (unpaired) electrons. The first-order valence-corrected chi connectivity index (χ1v) is 7.29. The van der Waals surface area contributed by atoms with Gasteiger partial charge in [-0.15, -0.1) is 0 Å². The van der Waals surface area contributed by atoms with Crippen molar-refractivity contribution in [1.29, 1.82) is 0 Å². The number of nitrogens with zero attached hydrogens (tertiary/aromatic N) is 1. The molecule has 21 heavy (non-hydrogen) atoms. The van der Waals surface area contributed by atoms with Gasteiger partial charge in [0.15, 0.2) is 0 Å². The minimum absolute atomic E-state index is 0.0496. The molecule has 5 heteroatoms. The minimum atomic E-state index is -0.252. The number of para-hydroxylation sites is 1. The number of carbonyl (C=O) groups excluding carboxylic acids is 2. The number of methoxy groups -OCH3 is 1. The molecule has 5 nitrogen and oxygen atoms in total. The lowest BCUT2D eigenvalue weighted by Gasteiger charge is -2.32. The van der Waals surface area contributed by atoms with Crippen LogP contribution in [-0.4, -0.2) is 43.6 Å². The molecule has 1 aromatic rings. The van der Waals surface area contributed by atoms with Crippen LogP contribution in [0, 0.1) is 5.92 Å². The molecule has 2 aliphatic heterocycles. The Hall–Kier alpha value is -2.04. The second-order valence-electron chi connectivity index (χ2n) is 5.55. The zero-order chi connectivity index (χ0) is 14.8. The topological polar surface area (TPSA) is 55.8 Å². The number of esters is 1. The summed E-state index contributed by atoms with van der Waals surface area (Å²) in [5, 5.41) is 0. The van der Waals surface area contributed by atoms with Crippen LogP contribution in [-0.2, 0) is 14.3 Å². The van der Waals surface area contributed by atoms with E-state index >= 15 is 0 Å². The zero-order valence-corrected chi connectivity index (χ0v) is 12.1. The van der Waals surface area contributed by atoms with Crippen LogP contribution in [0.1, 0.15) is 24.3 Å². The monoisotopic (exact) mass is 289 g/mol. The lowest BCUT2D eigenvalue weighted by atomic mass is 9.94. The van der Waals surface area contributed by atoms with Crippen LogP contribution < -0.4 is 4.74 Å². The summed E-state index contributed by atoms with van der Waals surface area (Å²) in [4.78, 5) is 26.2. The van der Waals surface area contributed by atoms with Crippen LogP contribution in [0.5, 0.6) is 5.75 Å². The number of hydrogen-bond acceptors (Lipinski definition) is 4. The van der Waals surface area contributed by atoms with Crippen LogP contribution in [0.2, 0.25) is 0 Å². The number of benzene rings is 1. The van der Waals surface area contributed by atoms with E-state index in [1.54, 1.807) is 4.90 Å². The smallest absolute Gasteiger partial charge is 0.310 e. The minimum Gasteiger partial charge on any atom is -0.492 e. The summed E-state index contributed by atoms with van der Waals surface area (Å²) >= 11 is 0. The molecular formula is C16H19NO4. The highest BCUT2D eigenvalue weighted by atomic mass is 16.5. The average molecular weight is 289 g/mol. The van der Waals surface area contributed by atoms with Gasteiger partial charge in [0.25, 0.3) is 0 Å². The molecule has 0 N–H and O–H groups in total. The van der Waals surface area contributed by atoms with E-state index in [1.165, 1.54) is 7.11 Å². The van der Waals surface area contributed by atoms with Gasteiger partial charge in [-0.05, 0) is 18.9 Å². The second kappa shape index (κ2) is 5.76. The van der Waals surface area contributed by atoms with Gasteiger partial charge < -0.3 is 14.4 Å². The van der Waals surface area contributed by atoms with E-state index < -0.39 is 0 Å². The first kappa shape index (κ1) is 13.9. The molecule has 0 saturated carbocycles. The van der Waals surface area contributed by atoms with Crippen molar-refractivity contribution in [2.45, 2.75) is 18.8 Å². The standard InChI is InChI=1S/C16H19NO4/c1-20-16(19)11-5-4-8-17(9-11)15(18)13-10-21-14-7-3-2-6-12(13)14/h2-3,6-7,11,13H,4-5,8-10H2,1H3. The fourth-order valence-electron chi connectivity index (χ4n) is 3.12. The zero-order valence-electron chi connectivity index (χ0n) is 12.1. The van der Waals surface area contributed by atoms with Crippen molar-refractivity contribution in [3.63, 3.8) is 0 Å². The van der Waals surface area contributed by atoms with Crippen molar-refractivity contribution in [3.05, 3.63) is 29.8 Å². The van der Waals surface area contributed by atoms with Gasteiger partial charge in [0.2, 0.25) is 5.91 Å². The first-order chi connectivity index (χ1) is 10.2. The lowest BCUT2D eigenvalue weighted by molar-refractivity contribution is -0.149. The van der Waals surface area contributed by atoms with E-state index in [4.69, 9.17) is 9.47 Å². The molecule has 0 aliphatic carbocycles. The number of rotatable bonds is 2. The highest BCUT2D eigenvalue weighted by molar-refractivity contribution is 5.86.